The Bertz CT molecular complexity index is 1090. The van der Waals surface area contributed by atoms with Gasteiger partial charge in [0.2, 0.25) is 0 Å². The molecule has 180 valence electrons. The third-order valence-corrected chi connectivity index (χ3v) is 8.08. The molecule has 0 unspecified atom stereocenters. The molecule has 0 saturated carbocycles. The lowest BCUT2D eigenvalue weighted by Crippen LogP contribution is -2.35. The van der Waals surface area contributed by atoms with Crippen LogP contribution in [0.15, 0.2) is 47.4 Å². The number of benzene rings is 2. The number of rotatable bonds is 9. The Kier molecular flexibility index (Phi) is 7.57. The Labute approximate surface area is 196 Å². The number of aliphatic carboxylic acids is 1. The Hall–Kier alpha value is -2.74. The van der Waals surface area contributed by atoms with E-state index in [0.29, 0.717) is 23.7 Å². The van der Waals surface area contributed by atoms with Crippen LogP contribution >= 0.6 is 0 Å². The van der Waals surface area contributed by atoms with Crippen LogP contribution in [-0.2, 0) is 14.6 Å². The second kappa shape index (κ2) is 10.0. The molecule has 2 aromatic rings. The van der Waals surface area contributed by atoms with E-state index in [0.717, 1.165) is 24.9 Å². The lowest BCUT2D eigenvalue weighted by Gasteiger charge is -2.34. The maximum atomic E-state index is 13.7. The lowest BCUT2D eigenvalue weighted by molar-refractivity contribution is -0.137. The Morgan fingerprint density at radius 3 is 2.52 bits per heavy atom. The van der Waals surface area contributed by atoms with Crippen molar-refractivity contribution in [3.63, 3.8) is 0 Å². The number of sulfone groups is 1. The number of hydrogen-bond acceptors (Lipinski definition) is 6. The van der Waals surface area contributed by atoms with Gasteiger partial charge in [0.15, 0.2) is 9.84 Å². The summed E-state index contributed by atoms with van der Waals surface area (Å²) in [5.41, 5.74) is 1.83. The first-order valence-electron chi connectivity index (χ1n) is 11.3. The molecule has 0 amide bonds. The first-order chi connectivity index (χ1) is 15.6. The van der Waals surface area contributed by atoms with Gasteiger partial charge in [0.05, 0.1) is 35.1 Å². The van der Waals surface area contributed by atoms with E-state index in [1.165, 1.54) is 0 Å². The van der Waals surface area contributed by atoms with Crippen molar-refractivity contribution in [2.45, 2.75) is 44.4 Å². The molecular weight excluding hydrogens is 440 g/mol. The normalized spacial score (nSPS) is 19.5. The first kappa shape index (κ1) is 24.9. The molecule has 7 nitrogen and oxygen atoms in total. The molecule has 0 bridgehead atoms. The van der Waals surface area contributed by atoms with E-state index < -0.39 is 21.2 Å². The zero-order valence-electron chi connectivity index (χ0n) is 19.9. The zero-order chi connectivity index (χ0) is 24.2. The summed E-state index contributed by atoms with van der Waals surface area (Å²) in [5, 5.41) is 8.98. The van der Waals surface area contributed by atoms with Gasteiger partial charge in [0.25, 0.3) is 0 Å². The van der Waals surface area contributed by atoms with Gasteiger partial charge in [-0.25, -0.2) is 8.42 Å². The van der Waals surface area contributed by atoms with Crippen molar-refractivity contribution in [2.24, 2.45) is 5.41 Å². The van der Waals surface area contributed by atoms with Crippen LogP contribution in [0.5, 0.6) is 5.75 Å². The Balaban J connectivity index is 2.19. The third kappa shape index (κ3) is 5.79. The minimum atomic E-state index is -3.62. The van der Waals surface area contributed by atoms with Crippen molar-refractivity contribution in [3.8, 4) is 5.75 Å². The van der Waals surface area contributed by atoms with Crippen molar-refractivity contribution in [3.05, 3.63) is 42.5 Å². The molecule has 8 heteroatoms. The molecule has 33 heavy (non-hydrogen) atoms. The highest BCUT2D eigenvalue weighted by molar-refractivity contribution is 7.91. The maximum absolute atomic E-state index is 13.7. The predicted octanol–water partition coefficient (Wildman–Crippen LogP) is 4.73. The number of carboxylic acids is 1. The number of nitrogens with zero attached hydrogens (tertiary/aromatic N) is 2. The van der Waals surface area contributed by atoms with E-state index in [9.17, 15) is 13.2 Å². The topological polar surface area (TPSA) is 87.2 Å². The fourth-order valence-electron chi connectivity index (χ4n) is 4.35. The third-order valence-electron chi connectivity index (χ3n) is 6.00. The molecule has 0 spiro atoms. The fourth-order valence-corrected chi connectivity index (χ4v) is 6.44. The van der Waals surface area contributed by atoms with Crippen molar-refractivity contribution in [2.75, 3.05) is 42.8 Å². The highest BCUT2D eigenvalue weighted by Crippen LogP contribution is 2.46. The van der Waals surface area contributed by atoms with E-state index in [-0.39, 0.29) is 23.7 Å². The number of hydrogen-bond donors (Lipinski definition) is 1. The van der Waals surface area contributed by atoms with Crippen LogP contribution in [0.2, 0.25) is 0 Å². The van der Waals surface area contributed by atoms with Crippen molar-refractivity contribution >= 4 is 32.9 Å². The van der Waals surface area contributed by atoms with Crippen LogP contribution in [0.3, 0.4) is 0 Å². The van der Waals surface area contributed by atoms with Gasteiger partial charge < -0.3 is 19.6 Å². The summed E-state index contributed by atoms with van der Waals surface area (Å²) in [6, 6.07) is 13.3. The number of carboxylic acid groups (broad SMARTS) is 1. The molecule has 0 fully saturated rings. The minimum Gasteiger partial charge on any atom is -0.491 e. The van der Waals surface area contributed by atoms with Crippen molar-refractivity contribution in [1.82, 2.24) is 0 Å². The van der Waals surface area contributed by atoms with Gasteiger partial charge in [0.1, 0.15) is 5.75 Å². The van der Waals surface area contributed by atoms with Crippen LogP contribution in [-0.4, -0.2) is 52.5 Å². The number of para-hydroxylation sites is 1. The molecule has 1 aliphatic rings. The molecule has 0 saturated heterocycles. The Morgan fingerprint density at radius 1 is 1.21 bits per heavy atom. The summed E-state index contributed by atoms with van der Waals surface area (Å²) >= 11 is 0. The average molecular weight is 475 g/mol. The van der Waals surface area contributed by atoms with Gasteiger partial charge in [-0.3, -0.25) is 4.79 Å². The predicted molar refractivity (Wildman–Crippen MR) is 132 cm³/mol. The van der Waals surface area contributed by atoms with Crippen LogP contribution in [0.1, 0.15) is 39.5 Å². The minimum absolute atomic E-state index is 0.0361. The number of carbonyl (C=O) groups is 1. The number of ether oxygens (including phenoxy) is 1. The SMILES string of the molecule is CCCC[C@]1(C)CN(c2ccccc2)c2cc(N(C)C)c(OCCC(=O)O)cc2S(=O)(=O)C1. The molecule has 1 atom stereocenters. The molecule has 1 N–H and O–H groups in total. The van der Waals surface area contributed by atoms with E-state index >= 15 is 0 Å². The molecule has 1 aliphatic heterocycles. The Morgan fingerprint density at radius 2 is 1.91 bits per heavy atom. The highest BCUT2D eigenvalue weighted by atomic mass is 32.2. The summed E-state index contributed by atoms with van der Waals surface area (Å²) in [6.45, 7) is 4.71. The molecule has 0 radical (unpaired) electrons. The summed E-state index contributed by atoms with van der Waals surface area (Å²) in [6.07, 6.45) is 2.60. The van der Waals surface area contributed by atoms with Gasteiger partial charge in [-0.1, -0.05) is 44.9 Å². The van der Waals surface area contributed by atoms with E-state index in [2.05, 4.69) is 18.7 Å². The highest BCUT2D eigenvalue weighted by Gasteiger charge is 2.40. The number of unbranched alkanes of at least 4 members (excludes halogenated alkanes) is 1. The smallest absolute Gasteiger partial charge is 0.306 e. The van der Waals surface area contributed by atoms with Crippen molar-refractivity contribution in [1.29, 1.82) is 0 Å². The van der Waals surface area contributed by atoms with E-state index in [1.807, 2.05) is 55.4 Å². The number of anilines is 3. The fraction of sp³-hybridized carbons (Fsp3) is 0.480. The van der Waals surface area contributed by atoms with Crippen LogP contribution < -0.4 is 14.5 Å². The summed E-state index contributed by atoms with van der Waals surface area (Å²) in [7, 11) is 0.0924. The van der Waals surface area contributed by atoms with E-state index in [4.69, 9.17) is 9.84 Å². The summed E-state index contributed by atoms with van der Waals surface area (Å²) < 4.78 is 33.1. The van der Waals surface area contributed by atoms with Gasteiger partial charge >= 0.3 is 5.97 Å². The van der Waals surface area contributed by atoms with E-state index in [1.54, 1.807) is 6.07 Å². The molecular formula is C25H34N2O5S. The van der Waals surface area contributed by atoms with Crippen LogP contribution in [0, 0.1) is 5.41 Å². The molecule has 2 aromatic carbocycles. The molecule has 1 heterocycles. The standard InChI is InChI=1S/C25H34N2O5S/c1-5-6-13-25(2)17-27(19-10-8-7-9-11-19)21-15-20(26(3)4)22(32-14-12-24(28)29)16-23(21)33(30,31)18-25/h7-11,15-16H,5-6,12-14,17-18H2,1-4H3,(H,28,29)/t25-/m1/s1. The molecule has 3 rings (SSSR count). The second-order valence-corrected chi connectivity index (χ2v) is 11.2. The zero-order valence-corrected chi connectivity index (χ0v) is 20.7. The summed E-state index contributed by atoms with van der Waals surface area (Å²) in [4.78, 5) is 15.1. The van der Waals surface area contributed by atoms with Gasteiger partial charge in [-0.05, 0) is 30.0 Å². The quantitative estimate of drug-likeness (QED) is 0.562. The van der Waals surface area contributed by atoms with Gasteiger partial charge in [-0.2, -0.15) is 0 Å². The monoisotopic (exact) mass is 474 g/mol. The maximum Gasteiger partial charge on any atom is 0.306 e. The first-order valence-corrected chi connectivity index (χ1v) is 13.0. The largest absolute Gasteiger partial charge is 0.491 e. The van der Waals surface area contributed by atoms with Gasteiger partial charge in [-0.15, -0.1) is 0 Å². The van der Waals surface area contributed by atoms with Gasteiger partial charge in [0, 0.05) is 32.4 Å². The van der Waals surface area contributed by atoms with Crippen LogP contribution in [0.25, 0.3) is 0 Å². The molecule has 0 aliphatic carbocycles. The van der Waals surface area contributed by atoms with Crippen LogP contribution in [0.4, 0.5) is 17.1 Å². The average Bonchev–Trinajstić information content (AvgIpc) is 2.84. The molecule has 0 aromatic heterocycles. The van der Waals surface area contributed by atoms with Crippen molar-refractivity contribution < 1.29 is 23.1 Å². The second-order valence-electron chi connectivity index (χ2n) is 9.27. The number of fused-ring (bicyclic) bond motifs is 1. The lowest BCUT2D eigenvalue weighted by atomic mass is 9.86. The summed E-state index contributed by atoms with van der Waals surface area (Å²) in [5.74, 6) is -0.550.